The lowest BCUT2D eigenvalue weighted by molar-refractivity contribution is -0.151. The summed E-state index contributed by atoms with van der Waals surface area (Å²) in [5, 5.41) is 3.33. The van der Waals surface area contributed by atoms with Crippen molar-refractivity contribution in [3.05, 3.63) is 82.7 Å². The molecule has 6 heteroatoms. The van der Waals surface area contributed by atoms with Crippen LogP contribution in [0.4, 0.5) is 0 Å². The van der Waals surface area contributed by atoms with Crippen LogP contribution in [0, 0.1) is 11.8 Å². The minimum Gasteiger partial charge on any atom is -0.468 e. The van der Waals surface area contributed by atoms with Crippen molar-refractivity contribution in [1.82, 2.24) is 5.32 Å². The van der Waals surface area contributed by atoms with Crippen molar-refractivity contribution in [3.63, 3.8) is 0 Å². The van der Waals surface area contributed by atoms with E-state index < -0.39 is 23.8 Å². The summed E-state index contributed by atoms with van der Waals surface area (Å²) < 4.78 is 10.9. The number of ether oxygens (including phenoxy) is 2. The number of carbonyl (C=O) groups excluding carboxylic acids is 3. The first-order chi connectivity index (χ1) is 17.9. The summed E-state index contributed by atoms with van der Waals surface area (Å²) in [5.74, 6) is -2.97. The molecule has 2 aromatic rings. The van der Waals surface area contributed by atoms with Gasteiger partial charge < -0.3 is 14.8 Å². The maximum absolute atomic E-state index is 13.9. The van der Waals surface area contributed by atoms with Crippen molar-refractivity contribution in [2.75, 3.05) is 7.11 Å². The maximum atomic E-state index is 13.9. The highest BCUT2D eigenvalue weighted by Crippen LogP contribution is 2.46. The van der Waals surface area contributed by atoms with Gasteiger partial charge in [0.05, 0.1) is 12.7 Å². The van der Waals surface area contributed by atoms with Gasteiger partial charge in [0, 0.05) is 22.9 Å². The van der Waals surface area contributed by atoms with E-state index in [0.29, 0.717) is 23.3 Å². The highest BCUT2D eigenvalue weighted by molar-refractivity contribution is 6.12. The zero-order valence-electron chi connectivity index (χ0n) is 21.6. The molecule has 1 aliphatic heterocycles. The van der Waals surface area contributed by atoms with Crippen LogP contribution in [0.25, 0.3) is 11.1 Å². The summed E-state index contributed by atoms with van der Waals surface area (Å²) in [6.45, 7) is 3.75. The Kier molecular flexibility index (Phi) is 7.00. The second kappa shape index (κ2) is 10.4. The Bertz CT molecular complexity index is 1270. The number of hydrogen-bond acceptors (Lipinski definition) is 6. The van der Waals surface area contributed by atoms with Crippen LogP contribution >= 0.6 is 0 Å². The van der Waals surface area contributed by atoms with E-state index in [9.17, 15) is 14.4 Å². The first kappa shape index (κ1) is 25.0. The number of carbonyl (C=O) groups is 3. The third kappa shape index (κ3) is 4.73. The molecule has 37 heavy (non-hydrogen) atoms. The molecular weight excluding hydrogens is 466 g/mol. The van der Waals surface area contributed by atoms with Gasteiger partial charge in [0.15, 0.2) is 5.78 Å². The van der Waals surface area contributed by atoms with Gasteiger partial charge in [-0.05, 0) is 61.6 Å². The summed E-state index contributed by atoms with van der Waals surface area (Å²) in [6.07, 6.45) is 4.22. The minimum absolute atomic E-state index is 0.103. The molecule has 5 rings (SSSR count). The molecule has 0 radical (unpaired) electrons. The van der Waals surface area contributed by atoms with Gasteiger partial charge >= 0.3 is 11.9 Å². The molecule has 0 amide bonds. The van der Waals surface area contributed by atoms with Crippen LogP contribution in [0.15, 0.2) is 77.1 Å². The standard InChI is InChI=1S/C31H33NO5/c1-18-17-24-28(29(33)25(18)30(34)36-3)27(22-15-13-21(14-16-22)20-9-5-4-6-10-20)26(19(2)32-24)31(35)37-23-11-7-8-12-23/h4-6,9-10,13-16,18,23,25,27,32H,7-8,11-12,17H2,1-3H3. The summed E-state index contributed by atoms with van der Waals surface area (Å²) >= 11 is 0. The van der Waals surface area contributed by atoms with Crippen LogP contribution in [0.2, 0.25) is 0 Å². The molecule has 0 bridgehead atoms. The van der Waals surface area contributed by atoms with E-state index in [-0.39, 0.29) is 17.8 Å². The highest BCUT2D eigenvalue weighted by atomic mass is 16.5. The molecule has 2 aliphatic carbocycles. The molecule has 1 N–H and O–H groups in total. The Hall–Kier alpha value is -3.67. The number of rotatable bonds is 5. The number of nitrogens with one attached hydrogen (secondary N) is 1. The zero-order chi connectivity index (χ0) is 26.1. The predicted molar refractivity (Wildman–Crippen MR) is 140 cm³/mol. The molecule has 2 aromatic carbocycles. The Morgan fingerprint density at radius 2 is 1.59 bits per heavy atom. The van der Waals surface area contributed by atoms with Crippen molar-refractivity contribution in [2.24, 2.45) is 11.8 Å². The molecule has 3 unspecified atom stereocenters. The number of dihydropyridines is 1. The van der Waals surface area contributed by atoms with E-state index in [4.69, 9.17) is 9.47 Å². The molecule has 192 valence electrons. The Labute approximate surface area is 217 Å². The number of methoxy groups -OCH3 is 1. The van der Waals surface area contributed by atoms with Gasteiger partial charge in [0.2, 0.25) is 0 Å². The average Bonchev–Trinajstić information content (AvgIpc) is 3.41. The van der Waals surface area contributed by atoms with Gasteiger partial charge in [0.1, 0.15) is 12.0 Å². The van der Waals surface area contributed by atoms with E-state index in [2.05, 4.69) is 5.32 Å². The predicted octanol–water partition coefficient (Wildman–Crippen LogP) is 5.45. The Morgan fingerprint density at radius 3 is 2.24 bits per heavy atom. The molecule has 3 aliphatic rings. The van der Waals surface area contributed by atoms with Crippen molar-refractivity contribution in [1.29, 1.82) is 0 Å². The topological polar surface area (TPSA) is 81.7 Å². The second-order valence-corrected chi connectivity index (χ2v) is 10.3. The number of ketones is 1. The van der Waals surface area contributed by atoms with E-state index in [1.165, 1.54) is 7.11 Å². The Morgan fingerprint density at radius 1 is 0.946 bits per heavy atom. The van der Waals surface area contributed by atoms with Crippen LogP contribution in [-0.2, 0) is 23.9 Å². The van der Waals surface area contributed by atoms with Crippen LogP contribution < -0.4 is 5.32 Å². The van der Waals surface area contributed by atoms with Crippen molar-refractivity contribution in [3.8, 4) is 11.1 Å². The van der Waals surface area contributed by atoms with Crippen LogP contribution in [0.3, 0.4) is 0 Å². The number of hydrogen-bond donors (Lipinski definition) is 1. The largest absolute Gasteiger partial charge is 0.468 e. The SMILES string of the molecule is COC(=O)C1C(=O)C2=C(CC1C)NC(C)=C(C(=O)OC1CCCC1)C2c1ccc(-c2ccccc2)cc1. The third-order valence-electron chi connectivity index (χ3n) is 7.89. The molecule has 0 spiro atoms. The van der Waals surface area contributed by atoms with Gasteiger partial charge in [-0.1, -0.05) is 61.5 Å². The molecule has 1 saturated carbocycles. The van der Waals surface area contributed by atoms with Crippen molar-refractivity contribution in [2.45, 2.75) is 58.0 Å². The minimum atomic E-state index is -0.901. The fourth-order valence-corrected chi connectivity index (χ4v) is 6.00. The molecule has 6 nitrogen and oxygen atoms in total. The molecule has 0 aromatic heterocycles. The zero-order valence-corrected chi connectivity index (χ0v) is 21.6. The third-order valence-corrected chi connectivity index (χ3v) is 7.89. The van der Waals surface area contributed by atoms with Crippen molar-refractivity contribution < 1.29 is 23.9 Å². The molecular formula is C31H33NO5. The van der Waals surface area contributed by atoms with Gasteiger partial charge in [-0.15, -0.1) is 0 Å². The first-order valence-corrected chi connectivity index (χ1v) is 13.1. The van der Waals surface area contributed by atoms with E-state index in [1.54, 1.807) is 0 Å². The summed E-state index contributed by atoms with van der Waals surface area (Å²) in [7, 11) is 1.31. The number of benzene rings is 2. The first-order valence-electron chi connectivity index (χ1n) is 13.1. The summed E-state index contributed by atoms with van der Waals surface area (Å²) in [4.78, 5) is 40.1. The maximum Gasteiger partial charge on any atom is 0.337 e. The highest BCUT2D eigenvalue weighted by Gasteiger charge is 2.47. The molecule has 3 atom stereocenters. The lowest BCUT2D eigenvalue weighted by Crippen LogP contribution is -2.43. The second-order valence-electron chi connectivity index (χ2n) is 10.3. The van der Waals surface area contributed by atoms with Gasteiger partial charge in [-0.2, -0.15) is 0 Å². The summed E-state index contributed by atoms with van der Waals surface area (Å²) in [6, 6.07) is 18.0. The van der Waals surface area contributed by atoms with E-state index in [0.717, 1.165) is 48.1 Å². The van der Waals surface area contributed by atoms with Gasteiger partial charge in [-0.25, -0.2) is 4.79 Å². The smallest absolute Gasteiger partial charge is 0.337 e. The van der Waals surface area contributed by atoms with Crippen molar-refractivity contribution >= 4 is 17.7 Å². The van der Waals surface area contributed by atoms with Crippen LogP contribution in [0.5, 0.6) is 0 Å². The lowest BCUT2D eigenvalue weighted by atomic mass is 9.69. The fourth-order valence-electron chi connectivity index (χ4n) is 6.00. The van der Waals surface area contributed by atoms with Gasteiger partial charge in [0.25, 0.3) is 0 Å². The average molecular weight is 500 g/mol. The Balaban J connectivity index is 1.58. The van der Waals surface area contributed by atoms with Crippen LogP contribution in [0.1, 0.15) is 57.4 Å². The number of esters is 2. The summed E-state index contributed by atoms with van der Waals surface area (Å²) in [5.41, 5.74) is 5.30. The van der Waals surface area contributed by atoms with E-state index in [1.807, 2.05) is 68.4 Å². The fraction of sp³-hybridized carbons (Fsp3) is 0.387. The monoisotopic (exact) mass is 499 g/mol. The quantitative estimate of drug-likeness (QED) is 0.435. The van der Waals surface area contributed by atoms with Crippen LogP contribution in [-0.4, -0.2) is 30.9 Å². The number of allylic oxidation sites excluding steroid dienone is 3. The number of Topliss-reactive ketones (excluding diaryl/α,β-unsaturated/α-hetero) is 1. The normalized spacial score (nSPS) is 24.0. The van der Waals surface area contributed by atoms with Gasteiger partial charge in [-0.3, -0.25) is 9.59 Å². The van der Waals surface area contributed by atoms with E-state index >= 15 is 0 Å². The molecule has 0 saturated heterocycles. The molecule has 1 heterocycles. The molecule has 1 fully saturated rings. The lowest BCUT2D eigenvalue weighted by Gasteiger charge is -2.38.